The molecule has 0 radical (unpaired) electrons. The fourth-order valence-electron chi connectivity index (χ4n) is 7.21. The zero-order valence-electron chi connectivity index (χ0n) is 21.5. The van der Waals surface area contributed by atoms with Crippen molar-refractivity contribution in [2.75, 3.05) is 7.11 Å². The van der Waals surface area contributed by atoms with Crippen molar-refractivity contribution in [2.45, 2.75) is 45.1 Å². The number of ether oxygens (including phenoxy) is 2. The van der Waals surface area contributed by atoms with E-state index in [0.717, 1.165) is 35.9 Å². The number of rotatable bonds is 7. The van der Waals surface area contributed by atoms with Gasteiger partial charge in [-0.15, -0.1) is 0 Å². The highest BCUT2D eigenvalue weighted by molar-refractivity contribution is 8.18. The number of nitro groups is 1. The van der Waals surface area contributed by atoms with Gasteiger partial charge >= 0.3 is 5.97 Å². The van der Waals surface area contributed by atoms with Gasteiger partial charge in [-0.3, -0.25) is 29.4 Å². The topological polar surface area (TPSA) is 116 Å². The van der Waals surface area contributed by atoms with Crippen LogP contribution >= 0.6 is 11.8 Å². The predicted octanol–water partition coefficient (Wildman–Crippen LogP) is 5.96. The Balaban J connectivity index is 1.18. The highest BCUT2D eigenvalue weighted by Crippen LogP contribution is 2.60. The number of para-hydroxylation sites is 1. The molecule has 0 unspecified atom stereocenters. The number of carbonyl (C=O) groups excluding carboxylic acids is 3. The van der Waals surface area contributed by atoms with Crippen LogP contribution in [0.4, 0.5) is 10.5 Å². The van der Waals surface area contributed by atoms with Crippen LogP contribution in [-0.4, -0.2) is 34.0 Å². The number of thioether (sulfide) groups is 1. The SMILES string of the molecule is COc1cc(/C=C2\SC(=O)N(Cc3ccccc3[N+](=O)[O-])C2=O)ccc1OC(=O)C12CC3CC(CC(C3)C1)C2. The Hall–Kier alpha value is -3.66. The summed E-state index contributed by atoms with van der Waals surface area (Å²) in [5, 5.41) is 10.8. The lowest BCUT2D eigenvalue weighted by Crippen LogP contribution is -2.51. The van der Waals surface area contributed by atoms with Crippen LogP contribution in [0.25, 0.3) is 6.08 Å². The van der Waals surface area contributed by atoms with Crippen LogP contribution in [0.15, 0.2) is 47.4 Å². The van der Waals surface area contributed by atoms with Crippen LogP contribution in [0.1, 0.15) is 49.7 Å². The lowest BCUT2D eigenvalue weighted by Gasteiger charge is -2.55. The number of hydrogen-bond acceptors (Lipinski definition) is 8. The van der Waals surface area contributed by atoms with E-state index in [2.05, 4.69) is 0 Å². The number of imide groups is 1. The first-order valence-electron chi connectivity index (χ1n) is 13.1. The largest absolute Gasteiger partial charge is 0.493 e. The second-order valence-corrected chi connectivity index (χ2v) is 12.1. The van der Waals surface area contributed by atoms with Gasteiger partial charge in [0.25, 0.3) is 16.8 Å². The van der Waals surface area contributed by atoms with E-state index in [1.165, 1.54) is 44.6 Å². The second kappa shape index (κ2) is 9.82. The van der Waals surface area contributed by atoms with Crippen molar-refractivity contribution in [3.05, 3.63) is 68.6 Å². The van der Waals surface area contributed by atoms with Crippen LogP contribution < -0.4 is 9.47 Å². The summed E-state index contributed by atoms with van der Waals surface area (Å²) in [6.45, 7) is -0.193. The van der Waals surface area contributed by atoms with Crippen molar-refractivity contribution in [1.29, 1.82) is 0 Å². The van der Waals surface area contributed by atoms with Gasteiger partial charge < -0.3 is 9.47 Å². The smallest absolute Gasteiger partial charge is 0.317 e. The fraction of sp³-hybridized carbons (Fsp3) is 0.414. The average Bonchev–Trinajstić information content (AvgIpc) is 3.16. The zero-order valence-corrected chi connectivity index (χ0v) is 22.3. The molecule has 9 nitrogen and oxygen atoms in total. The molecule has 39 heavy (non-hydrogen) atoms. The predicted molar refractivity (Wildman–Crippen MR) is 144 cm³/mol. The maximum Gasteiger partial charge on any atom is 0.317 e. The van der Waals surface area contributed by atoms with E-state index in [1.807, 2.05) is 0 Å². The van der Waals surface area contributed by atoms with Crippen molar-refractivity contribution < 1.29 is 28.8 Å². The lowest BCUT2D eigenvalue weighted by molar-refractivity contribution is -0.385. The molecule has 5 aliphatic rings. The van der Waals surface area contributed by atoms with Crippen LogP contribution in [0.3, 0.4) is 0 Å². The molecule has 0 spiro atoms. The summed E-state index contributed by atoms with van der Waals surface area (Å²) in [5.41, 5.74) is 0.324. The van der Waals surface area contributed by atoms with E-state index < -0.39 is 21.5 Å². The number of nitro benzene ring substituents is 1. The van der Waals surface area contributed by atoms with E-state index >= 15 is 0 Å². The van der Waals surface area contributed by atoms with Gasteiger partial charge in [-0.2, -0.15) is 0 Å². The summed E-state index contributed by atoms with van der Waals surface area (Å²) in [5.74, 6) is 1.86. The van der Waals surface area contributed by atoms with Gasteiger partial charge in [0.15, 0.2) is 11.5 Å². The molecular weight excluding hydrogens is 520 g/mol. The maximum atomic E-state index is 13.4. The Morgan fingerprint density at radius 2 is 1.74 bits per heavy atom. The number of benzene rings is 2. The van der Waals surface area contributed by atoms with Gasteiger partial charge in [0.2, 0.25) is 0 Å². The molecule has 10 heteroatoms. The minimum Gasteiger partial charge on any atom is -0.493 e. The third kappa shape index (κ3) is 4.71. The Morgan fingerprint density at radius 1 is 1.08 bits per heavy atom. The standard InChI is InChI=1S/C29H28N2O7S/c1-37-24-11-17(6-7-23(24)38-27(33)29-13-18-8-19(14-29)10-20(9-18)15-29)12-25-26(32)30(28(34)39-25)16-21-4-2-3-5-22(21)31(35)36/h2-7,11-12,18-20H,8-10,13-16H2,1H3/b25-12-. The highest BCUT2D eigenvalue weighted by atomic mass is 32.2. The molecule has 1 heterocycles. The first kappa shape index (κ1) is 25.6. The van der Waals surface area contributed by atoms with E-state index in [1.54, 1.807) is 30.3 Å². The lowest BCUT2D eigenvalue weighted by atomic mass is 9.49. The number of nitrogens with zero attached hydrogens (tertiary/aromatic N) is 2. The van der Waals surface area contributed by atoms with Crippen LogP contribution in [-0.2, 0) is 16.1 Å². The van der Waals surface area contributed by atoms with Crippen molar-refractivity contribution in [2.24, 2.45) is 23.2 Å². The maximum absolute atomic E-state index is 13.4. The van der Waals surface area contributed by atoms with Crippen LogP contribution in [0, 0.1) is 33.3 Å². The summed E-state index contributed by atoms with van der Waals surface area (Å²) < 4.78 is 11.4. The summed E-state index contributed by atoms with van der Waals surface area (Å²) in [7, 11) is 1.49. The van der Waals surface area contributed by atoms with Gasteiger partial charge in [0.1, 0.15) is 0 Å². The van der Waals surface area contributed by atoms with Gasteiger partial charge in [0, 0.05) is 11.6 Å². The average molecular weight is 549 g/mol. The quantitative estimate of drug-likeness (QED) is 0.137. The normalized spacial score (nSPS) is 28.3. The summed E-state index contributed by atoms with van der Waals surface area (Å²) in [6, 6.07) is 11.1. The van der Waals surface area contributed by atoms with Gasteiger partial charge in [-0.25, -0.2) is 0 Å². The fourth-order valence-corrected chi connectivity index (χ4v) is 8.05. The van der Waals surface area contributed by atoms with Crippen molar-refractivity contribution in [1.82, 2.24) is 4.90 Å². The molecule has 4 bridgehead atoms. The molecule has 1 saturated heterocycles. The summed E-state index contributed by atoms with van der Waals surface area (Å²) in [6.07, 6.45) is 7.98. The molecule has 4 aliphatic carbocycles. The van der Waals surface area contributed by atoms with Crippen LogP contribution in [0.5, 0.6) is 11.5 Å². The number of hydrogen-bond donors (Lipinski definition) is 0. The molecule has 2 amide bonds. The molecule has 0 aromatic heterocycles. The van der Waals surface area contributed by atoms with Gasteiger partial charge in [0.05, 0.1) is 28.9 Å². The first-order valence-corrected chi connectivity index (χ1v) is 13.9. The monoisotopic (exact) mass is 548 g/mol. The molecular formula is C29H28N2O7S. The van der Waals surface area contributed by atoms with E-state index in [9.17, 15) is 24.5 Å². The number of esters is 1. The van der Waals surface area contributed by atoms with Crippen molar-refractivity contribution >= 4 is 40.6 Å². The van der Waals surface area contributed by atoms with Gasteiger partial charge in [-0.05, 0) is 91.8 Å². The Bertz CT molecular complexity index is 1380. The molecule has 0 N–H and O–H groups in total. The Labute approximate surface area is 229 Å². The number of amides is 2. The third-order valence-corrected chi connectivity index (χ3v) is 9.46. The minimum atomic E-state index is -0.534. The van der Waals surface area contributed by atoms with Gasteiger partial charge in [-0.1, -0.05) is 24.3 Å². The second-order valence-electron chi connectivity index (χ2n) is 11.2. The van der Waals surface area contributed by atoms with Crippen LogP contribution in [0.2, 0.25) is 0 Å². The van der Waals surface area contributed by atoms with E-state index in [0.29, 0.717) is 34.8 Å². The molecule has 202 valence electrons. The Morgan fingerprint density at radius 3 is 2.38 bits per heavy atom. The molecule has 7 rings (SSSR count). The number of methoxy groups -OCH3 is 1. The van der Waals surface area contributed by atoms with E-state index in [4.69, 9.17) is 9.47 Å². The van der Waals surface area contributed by atoms with Crippen molar-refractivity contribution in [3.63, 3.8) is 0 Å². The molecule has 4 saturated carbocycles. The Kier molecular flexibility index (Phi) is 6.45. The van der Waals surface area contributed by atoms with Crippen molar-refractivity contribution in [3.8, 4) is 11.5 Å². The third-order valence-electron chi connectivity index (χ3n) is 8.55. The molecule has 5 fully saturated rings. The molecule has 2 aromatic rings. The molecule has 0 atom stereocenters. The zero-order chi connectivity index (χ0) is 27.3. The van der Waals surface area contributed by atoms with E-state index in [-0.39, 0.29) is 28.7 Å². The number of carbonyl (C=O) groups is 3. The summed E-state index contributed by atoms with van der Waals surface area (Å²) in [4.78, 5) is 51.0. The minimum absolute atomic E-state index is 0.149. The summed E-state index contributed by atoms with van der Waals surface area (Å²) >= 11 is 0.773. The molecule has 2 aromatic carbocycles. The molecule has 1 aliphatic heterocycles. The highest BCUT2D eigenvalue weighted by Gasteiger charge is 2.55. The first-order chi connectivity index (χ1) is 18.7.